The van der Waals surface area contributed by atoms with Crippen LogP contribution in [0.5, 0.6) is 5.75 Å². The number of ether oxygens (including phenoxy) is 1. The summed E-state index contributed by atoms with van der Waals surface area (Å²) in [5.74, 6) is -0.622. The van der Waals surface area contributed by atoms with Gasteiger partial charge in [-0.25, -0.2) is 0 Å². The Morgan fingerprint density at radius 1 is 1.42 bits per heavy atom. The van der Waals surface area contributed by atoms with Crippen molar-refractivity contribution < 1.29 is 27.9 Å². The Bertz CT molecular complexity index is 778. The highest BCUT2D eigenvalue weighted by atomic mass is 19.4. The molecule has 0 radical (unpaired) electrons. The molecule has 0 saturated heterocycles. The number of imidazole rings is 1. The molecule has 0 saturated carbocycles. The number of para-hydroxylation sites is 1. The van der Waals surface area contributed by atoms with E-state index in [1.165, 1.54) is 35.0 Å². The number of anilines is 1. The number of aromatic nitrogens is 2. The number of alkyl halides is 3. The van der Waals surface area contributed by atoms with Gasteiger partial charge in [0.05, 0.1) is 5.56 Å². The third-order valence-electron chi connectivity index (χ3n) is 3.53. The summed E-state index contributed by atoms with van der Waals surface area (Å²) in [6, 6.07) is 4.67. The molecule has 0 fully saturated rings. The normalized spacial score (nSPS) is 12.7. The topological polar surface area (TPSA) is 93.7 Å². The van der Waals surface area contributed by atoms with Crippen molar-refractivity contribution in [1.29, 1.82) is 0 Å². The zero-order valence-corrected chi connectivity index (χ0v) is 14.0. The maximum Gasteiger partial charge on any atom is 0.419 e. The molecule has 1 aromatic heterocycles. The standard InChI is InChI=1S/C15H17F3N4O4/c1-20(14-13(22(24)25)19-9-21(14)2)7-10(23)8-26-12-6-4-3-5-11(12)15(16,17)18/h3-6,9-10,23H,7-8H2,1-2H3. The van der Waals surface area contributed by atoms with E-state index in [1.807, 2.05) is 0 Å². The van der Waals surface area contributed by atoms with Crippen LogP contribution in [0.15, 0.2) is 30.6 Å². The number of benzene rings is 1. The summed E-state index contributed by atoms with van der Waals surface area (Å²) in [5.41, 5.74) is -0.942. The van der Waals surface area contributed by atoms with Crippen LogP contribution in [0.25, 0.3) is 0 Å². The fourth-order valence-corrected chi connectivity index (χ4v) is 2.45. The molecule has 0 aliphatic heterocycles. The highest BCUT2D eigenvalue weighted by molar-refractivity contribution is 5.54. The number of halogens is 3. The number of hydrogen-bond acceptors (Lipinski definition) is 6. The molecule has 8 nitrogen and oxygen atoms in total. The highest BCUT2D eigenvalue weighted by Crippen LogP contribution is 2.36. The first-order chi connectivity index (χ1) is 12.1. The summed E-state index contributed by atoms with van der Waals surface area (Å²) in [6.45, 7) is -0.516. The molecule has 0 bridgehead atoms. The third-order valence-corrected chi connectivity index (χ3v) is 3.53. The Labute approximate surface area is 146 Å². The van der Waals surface area contributed by atoms with Crippen LogP contribution in [-0.4, -0.2) is 45.9 Å². The van der Waals surface area contributed by atoms with Gasteiger partial charge >= 0.3 is 12.0 Å². The van der Waals surface area contributed by atoms with Gasteiger partial charge in [-0.15, -0.1) is 0 Å². The molecule has 0 aliphatic rings. The number of aryl methyl sites for hydroxylation is 1. The van der Waals surface area contributed by atoms with Crippen LogP contribution in [0.3, 0.4) is 0 Å². The molecular weight excluding hydrogens is 357 g/mol. The van der Waals surface area contributed by atoms with Gasteiger partial charge in [0, 0.05) is 20.6 Å². The average molecular weight is 374 g/mol. The largest absolute Gasteiger partial charge is 0.490 e. The van der Waals surface area contributed by atoms with Crippen LogP contribution in [0, 0.1) is 10.1 Å². The van der Waals surface area contributed by atoms with Gasteiger partial charge in [-0.3, -0.25) is 4.57 Å². The molecule has 2 rings (SSSR count). The van der Waals surface area contributed by atoms with Gasteiger partial charge in [-0.05, 0) is 22.0 Å². The Morgan fingerprint density at radius 3 is 2.69 bits per heavy atom. The molecule has 1 N–H and O–H groups in total. The first-order valence-corrected chi connectivity index (χ1v) is 7.45. The maximum atomic E-state index is 12.9. The lowest BCUT2D eigenvalue weighted by Crippen LogP contribution is -2.34. The monoisotopic (exact) mass is 374 g/mol. The zero-order valence-electron chi connectivity index (χ0n) is 14.0. The molecule has 142 valence electrons. The summed E-state index contributed by atoms with van der Waals surface area (Å²) in [5, 5.41) is 21.0. The predicted octanol–water partition coefficient (Wildman–Crippen LogP) is 2.22. The lowest BCUT2D eigenvalue weighted by atomic mass is 10.2. The van der Waals surface area contributed by atoms with E-state index in [0.717, 1.165) is 12.1 Å². The summed E-state index contributed by atoms with van der Waals surface area (Å²) in [6.07, 6.45) is -4.50. The van der Waals surface area contributed by atoms with E-state index in [-0.39, 0.29) is 18.2 Å². The van der Waals surface area contributed by atoms with Crippen molar-refractivity contribution in [1.82, 2.24) is 9.55 Å². The van der Waals surface area contributed by atoms with Gasteiger partial charge in [-0.1, -0.05) is 12.1 Å². The number of rotatable bonds is 7. The first kappa shape index (κ1) is 19.5. The third kappa shape index (κ3) is 4.42. The Balaban J connectivity index is 2.03. The lowest BCUT2D eigenvalue weighted by Gasteiger charge is -2.22. The highest BCUT2D eigenvalue weighted by Gasteiger charge is 2.34. The quantitative estimate of drug-likeness (QED) is 0.590. The Hall–Kier alpha value is -2.82. The number of hydrogen-bond donors (Lipinski definition) is 1. The van der Waals surface area contributed by atoms with Crippen molar-refractivity contribution in [2.75, 3.05) is 25.1 Å². The SMILES string of the molecule is CN(CC(O)COc1ccccc1C(F)(F)F)c1c([N+](=O)[O-])ncn1C. The molecule has 0 aliphatic carbocycles. The van der Waals surface area contributed by atoms with E-state index in [4.69, 9.17) is 4.74 Å². The average Bonchev–Trinajstić information content (AvgIpc) is 2.94. The number of aliphatic hydroxyl groups excluding tert-OH is 1. The second-order valence-electron chi connectivity index (χ2n) is 5.60. The maximum absolute atomic E-state index is 12.9. The molecule has 11 heteroatoms. The Kier molecular flexibility index (Phi) is 5.70. The second-order valence-corrected chi connectivity index (χ2v) is 5.60. The smallest absolute Gasteiger partial charge is 0.419 e. The molecular formula is C15H17F3N4O4. The number of likely N-dealkylation sites (N-methyl/N-ethyl adjacent to an activating group) is 1. The van der Waals surface area contributed by atoms with Crippen LogP contribution in [0.4, 0.5) is 24.8 Å². The molecule has 0 amide bonds. The van der Waals surface area contributed by atoms with E-state index >= 15 is 0 Å². The fraction of sp³-hybridized carbons (Fsp3) is 0.400. The summed E-state index contributed by atoms with van der Waals surface area (Å²) in [4.78, 5) is 15.4. The number of aliphatic hydroxyl groups is 1. The fourth-order valence-electron chi connectivity index (χ4n) is 2.45. The molecule has 0 spiro atoms. The van der Waals surface area contributed by atoms with Crippen molar-refractivity contribution in [3.05, 3.63) is 46.3 Å². The summed E-state index contributed by atoms with van der Waals surface area (Å²) in [7, 11) is 3.05. The van der Waals surface area contributed by atoms with Crippen molar-refractivity contribution in [2.45, 2.75) is 12.3 Å². The van der Waals surface area contributed by atoms with Crippen LogP contribution in [0.1, 0.15) is 5.56 Å². The minimum atomic E-state index is -4.58. The second kappa shape index (κ2) is 7.60. The predicted molar refractivity (Wildman–Crippen MR) is 86.1 cm³/mol. The summed E-state index contributed by atoms with van der Waals surface area (Å²) < 4.78 is 45.2. The molecule has 2 aromatic rings. The van der Waals surface area contributed by atoms with E-state index < -0.39 is 35.1 Å². The van der Waals surface area contributed by atoms with Gasteiger partial charge in [0.2, 0.25) is 12.1 Å². The molecule has 1 aromatic carbocycles. The van der Waals surface area contributed by atoms with Crippen LogP contribution in [0.2, 0.25) is 0 Å². The van der Waals surface area contributed by atoms with Crippen molar-refractivity contribution in [3.8, 4) is 5.75 Å². The van der Waals surface area contributed by atoms with Crippen LogP contribution >= 0.6 is 0 Å². The van der Waals surface area contributed by atoms with Crippen LogP contribution < -0.4 is 9.64 Å². The molecule has 1 atom stereocenters. The van der Waals surface area contributed by atoms with Gasteiger partial charge < -0.3 is 24.9 Å². The van der Waals surface area contributed by atoms with E-state index in [0.29, 0.717) is 0 Å². The van der Waals surface area contributed by atoms with Crippen molar-refractivity contribution >= 4 is 11.6 Å². The summed E-state index contributed by atoms with van der Waals surface area (Å²) >= 11 is 0. The van der Waals surface area contributed by atoms with E-state index in [2.05, 4.69) is 4.98 Å². The van der Waals surface area contributed by atoms with Crippen molar-refractivity contribution in [2.24, 2.45) is 7.05 Å². The van der Waals surface area contributed by atoms with Gasteiger partial charge in [-0.2, -0.15) is 13.2 Å². The van der Waals surface area contributed by atoms with Gasteiger partial charge in [0.25, 0.3) is 0 Å². The Morgan fingerprint density at radius 2 is 2.08 bits per heavy atom. The minimum Gasteiger partial charge on any atom is -0.490 e. The van der Waals surface area contributed by atoms with E-state index in [9.17, 15) is 28.4 Å². The number of nitro groups is 1. The van der Waals surface area contributed by atoms with Gasteiger partial charge in [0.15, 0.2) is 0 Å². The van der Waals surface area contributed by atoms with Crippen molar-refractivity contribution in [3.63, 3.8) is 0 Å². The van der Waals surface area contributed by atoms with E-state index in [1.54, 1.807) is 7.05 Å². The number of nitrogens with zero attached hydrogens (tertiary/aromatic N) is 4. The molecule has 1 unspecified atom stereocenters. The first-order valence-electron chi connectivity index (χ1n) is 7.45. The zero-order chi connectivity index (χ0) is 19.5. The minimum absolute atomic E-state index is 0.103. The van der Waals surface area contributed by atoms with Crippen LogP contribution in [-0.2, 0) is 13.2 Å². The van der Waals surface area contributed by atoms with Gasteiger partial charge in [0.1, 0.15) is 18.5 Å². The molecule has 26 heavy (non-hydrogen) atoms. The lowest BCUT2D eigenvalue weighted by molar-refractivity contribution is -0.388. The molecule has 1 heterocycles.